The Balaban J connectivity index is 2.82. The molecule has 0 saturated carbocycles. The summed E-state index contributed by atoms with van der Waals surface area (Å²) in [4.78, 5) is 23.7. The molecule has 12 heteroatoms. The van der Waals surface area contributed by atoms with Crippen molar-refractivity contribution in [1.29, 1.82) is 0 Å². The minimum Gasteiger partial charge on any atom is -0.292 e. The van der Waals surface area contributed by atoms with Gasteiger partial charge in [-0.1, -0.05) is 0 Å². The number of halogens is 8. The zero-order valence-electron chi connectivity index (χ0n) is 12.0. The Kier molecular flexibility index (Phi) is 4.26. The summed E-state index contributed by atoms with van der Waals surface area (Å²) in [6.07, 6.45) is -10.3. The van der Waals surface area contributed by atoms with Gasteiger partial charge in [-0.2, -0.15) is 26.3 Å². The normalized spacial score (nSPS) is 12.5. The molecule has 0 radical (unpaired) electrons. The summed E-state index contributed by atoms with van der Waals surface area (Å²) in [6, 6.07) is -0.446. The first-order chi connectivity index (χ1) is 11.2. The van der Waals surface area contributed by atoms with Crippen molar-refractivity contribution in [2.75, 3.05) is 0 Å². The average Bonchev–Trinajstić information content (AvgIpc) is 2.43. The molecule has 2 rings (SSSR count). The van der Waals surface area contributed by atoms with E-state index in [4.69, 9.17) is 0 Å². The first-order valence-electron chi connectivity index (χ1n) is 6.22. The van der Waals surface area contributed by atoms with Gasteiger partial charge in [-0.05, 0) is 6.07 Å². The van der Waals surface area contributed by atoms with Crippen molar-refractivity contribution >= 4 is 0 Å². The van der Waals surface area contributed by atoms with E-state index in [2.05, 4.69) is 0 Å². The fourth-order valence-corrected chi connectivity index (χ4v) is 2.04. The molecule has 136 valence electrons. The number of aromatic nitrogens is 2. The van der Waals surface area contributed by atoms with E-state index in [1.807, 2.05) is 0 Å². The molecule has 0 bridgehead atoms. The van der Waals surface area contributed by atoms with Crippen LogP contribution in [0.15, 0.2) is 27.8 Å². The topological polar surface area (TPSA) is 44.0 Å². The standard InChI is InChI=1S/C13H6F8N2O2/c1-22-9(13(19,20)21)4-10(24)23(11(22)25)8-3-6(14)5(2-7(8)15)12(16,17)18/h2-4H,1H3. The van der Waals surface area contributed by atoms with Crippen LogP contribution in [0.4, 0.5) is 35.1 Å². The molecular weight excluding hydrogens is 368 g/mol. The lowest BCUT2D eigenvalue weighted by Crippen LogP contribution is -2.41. The lowest BCUT2D eigenvalue weighted by molar-refractivity contribution is -0.144. The van der Waals surface area contributed by atoms with Crippen LogP contribution < -0.4 is 11.2 Å². The van der Waals surface area contributed by atoms with E-state index in [9.17, 15) is 44.7 Å². The van der Waals surface area contributed by atoms with Crippen molar-refractivity contribution in [2.45, 2.75) is 12.4 Å². The second kappa shape index (κ2) is 5.70. The maximum atomic E-state index is 13.9. The van der Waals surface area contributed by atoms with Crippen LogP contribution in [0.2, 0.25) is 0 Å². The molecule has 0 atom stereocenters. The average molecular weight is 374 g/mol. The summed E-state index contributed by atoms with van der Waals surface area (Å²) >= 11 is 0. The zero-order valence-corrected chi connectivity index (χ0v) is 12.0. The third-order valence-electron chi connectivity index (χ3n) is 3.19. The van der Waals surface area contributed by atoms with Crippen molar-refractivity contribution in [2.24, 2.45) is 7.05 Å². The molecule has 0 aliphatic rings. The van der Waals surface area contributed by atoms with Gasteiger partial charge in [0.05, 0.1) is 11.3 Å². The first-order valence-corrected chi connectivity index (χ1v) is 6.22. The quantitative estimate of drug-likeness (QED) is 0.721. The van der Waals surface area contributed by atoms with E-state index < -0.39 is 52.2 Å². The molecule has 0 fully saturated rings. The molecule has 25 heavy (non-hydrogen) atoms. The van der Waals surface area contributed by atoms with Crippen molar-refractivity contribution in [3.8, 4) is 5.69 Å². The largest absolute Gasteiger partial charge is 0.431 e. The third kappa shape index (κ3) is 3.28. The van der Waals surface area contributed by atoms with Gasteiger partial charge < -0.3 is 0 Å². The van der Waals surface area contributed by atoms with Gasteiger partial charge in [0.1, 0.15) is 17.3 Å². The summed E-state index contributed by atoms with van der Waals surface area (Å²) < 4.78 is 103. The summed E-state index contributed by atoms with van der Waals surface area (Å²) in [5.41, 5.74) is -8.30. The fourth-order valence-electron chi connectivity index (χ4n) is 2.04. The van der Waals surface area contributed by atoms with E-state index in [1.165, 1.54) is 0 Å². The zero-order chi connectivity index (χ0) is 19.3. The predicted octanol–water partition coefficient (Wildman–Crippen LogP) is 2.85. The molecule has 1 aromatic carbocycles. The minimum absolute atomic E-state index is 0.0591. The van der Waals surface area contributed by atoms with Crippen LogP contribution in [-0.2, 0) is 19.4 Å². The molecule has 0 unspecified atom stereocenters. The molecule has 1 heterocycles. The molecule has 1 aromatic heterocycles. The van der Waals surface area contributed by atoms with E-state index >= 15 is 0 Å². The molecule has 0 saturated heterocycles. The Morgan fingerprint density at radius 3 is 1.88 bits per heavy atom. The van der Waals surface area contributed by atoms with E-state index in [-0.39, 0.29) is 27.3 Å². The number of alkyl halides is 6. The Labute approximate surface area is 132 Å². The van der Waals surface area contributed by atoms with Gasteiger partial charge in [-0.15, -0.1) is 0 Å². The SMILES string of the molecule is Cn1c(C(F)(F)F)cc(=O)n(-c2cc(F)c(C(F)(F)F)cc2F)c1=O. The maximum Gasteiger partial charge on any atom is 0.431 e. The number of hydrogen-bond acceptors (Lipinski definition) is 2. The lowest BCUT2D eigenvalue weighted by Gasteiger charge is -2.15. The van der Waals surface area contributed by atoms with Crippen LogP contribution in [0.5, 0.6) is 0 Å². The highest BCUT2D eigenvalue weighted by molar-refractivity contribution is 5.39. The minimum atomic E-state index is -5.25. The van der Waals surface area contributed by atoms with E-state index in [0.29, 0.717) is 7.05 Å². The van der Waals surface area contributed by atoms with Crippen LogP contribution in [0, 0.1) is 11.6 Å². The molecule has 4 nitrogen and oxygen atoms in total. The van der Waals surface area contributed by atoms with Crippen LogP contribution in [-0.4, -0.2) is 9.13 Å². The van der Waals surface area contributed by atoms with Crippen LogP contribution in [0.1, 0.15) is 11.3 Å². The maximum absolute atomic E-state index is 13.9. The van der Waals surface area contributed by atoms with Crippen LogP contribution in [0.25, 0.3) is 5.69 Å². The van der Waals surface area contributed by atoms with Gasteiger partial charge in [0, 0.05) is 19.2 Å². The summed E-state index contributed by atoms with van der Waals surface area (Å²) in [6.45, 7) is 0. The number of benzene rings is 1. The lowest BCUT2D eigenvalue weighted by atomic mass is 10.1. The smallest absolute Gasteiger partial charge is 0.292 e. The predicted molar refractivity (Wildman–Crippen MR) is 67.2 cm³/mol. The molecule has 0 aliphatic carbocycles. The summed E-state index contributed by atoms with van der Waals surface area (Å²) in [7, 11) is 0.611. The van der Waals surface area contributed by atoms with Crippen LogP contribution >= 0.6 is 0 Å². The Bertz CT molecular complexity index is 953. The first kappa shape index (κ1) is 18.7. The Morgan fingerprint density at radius 2 is 1.40 bits per heavy atom. The fraction of sp³-hybridized carbons (Fsp3) is 0.231. The summed E-state index contributed by atoms with van der Waals surface area (Å²) in [5, 5.41) is 0. The van der Waals surface area contributed by atoms with E-state index in [0.717, 1.165) is 0 Å². The Hall–Kier alpha value is -2.66. The van der Waals surface area contributed by atoms with Crippen molar-refractivity contribution in [3.63, 3.8) is 0 Å². The van der Waals surface area contributed by atoms with Gasteiger partial charge in [0.2, 0.25) is 0 Å². The van der Waals surface area contributed by atoms with Crippen molar-refractivity contribution in [3.05, 3.63) is 61.9 Å². The van der Waals surface area contributed by atoms with Gasteiger partial charge in [0.15, 0.2) is 0 Å². The summed E-state index contributed by atoms with van der Waals surface area (Å²) in [5.74, 6) is -3.81. The van der Waals surface area contributed by atoms with Crippen molar-refractivity contribution < 1.29 is 35.1 Å². The van der Waals surface area contributed by atoms with Gasteiger partial charge in [-0.25, -0.2) is 18.1 Å². The van der Waals surface area contributed by atoms with Crippen LogP contribution in [0.3, 0.4) is 0 Å². The van der Waals surface area contributed by atoms with Gasteiger partial charge >= 0.3 is 18.0 Å². The number of rotatable bonds is 1. The molecule has 0 N–H and O–H groups in total. The molecule has 0 amide bonds. The Morgan fingerprint density at radius 1 is 0.840 bits per heavy atom. The van der Waals surface area contributed by atoms with Gasteiger partial charge in [-0.3, -0.25) is 9.36 Å². The monoisotopic (exact) mass is 374 g/mol. The van der Waals surface area contributed by atoms with E-state index in [1.54, 1.807) is 0 Å². The highest BCUT2D eigenvalue weighted by atomic mass is 19.4. The molecule has 2 aromatic rings. The highest BCUT2D eigenvalue weighted by Crippen LogP contribution is 2.33. The second-order valence-electron chi connectivity index (χ2n) is 4.82. The molecular formula is C13H6F8N2O2. The van der Waals surface area contributed by atoms with Crippen molar-refractivity contribution in [1.82, 2.24) is 9.13 Å². The van der Waals surface area contributed by atoms with Gasteiger partial charge in [0.25, 0.3) is 5.56 Å². The highest BCUT2D eigenvalue weighted by Gasteiger charge is 2.37. The third-order valence-corrected chi connectivity index (χ3v) is 3.19. The second-order valence-corrected chi connectivity index (χ2v) is 4.82. The molecule has 0 aliphatic heterocycles. The molecule has 0 spiro atoms. The number of hydrogen-bond donors (Lipinski definition) is 0. The number of nitrogens with zero attached hydrogens (tertiary/aromatic N) is 2.